The van der Waals surface area contributed by atoms with Crippen molar-refractivity contribution in [2.75, 3.05) is 10.4 Å². The Morgan fingerprint density at radius 1 is 1.21 bits per heavy atom. The van der Waals surface area contributed by atoms with E-state index in [1.54, 1.807) is 38.1 Å². The summed E-state index contributed by atoms with van der Waals surface area (Å²) in [6, 6.07) is 13.0. The first-order valence-electron chi connectivity index (χ1n) is 8.50. The number of hydrogen-bond donors (Lipinski definition) is 1. The van der Waals surface area contributed by atoms with Crippen LogP contribution in [0.5, 0.6) is 0 Å². The molecule has 0 saturated heterocycles. The molecule has 9 heteroatoms. The highest BCUT2D eigenvalue weighted by Crippen LogP contribution is 2.46. The molecule has 0 aromatic heterocycles. The monoisotopic (exact) mass is 421 g/mol. The first kappa shape index (κ1) is 20.1. The van der Waals surface area contributed by atoms with Crippen LogP contribution in [-0.2, 0) is 4.79 Å². The number of alkyl halides is 2. The molecule has 0 aliphatic carbocycles. The first-order chi connectivity index (χ1) is 13.2. The van der Waals surface area contributed by atoms with E-state index in [2.05, 4.69) is 5.43 Å². The van der Waals surface area contributed by atoms with E-state index in [4.69, 9.17) is 23.2 Å². The number of para-hydroxylation sites is 1. The van der Waals surface area contributed by atoms with Gasteiger partial charge in [0.15, 0.2) is 11.3 Å². The Hall–Kier alpha value is -2.64. The highest BCUT2D eigenvalue weighted by molar-refractivity contribution is 6.55. The van der Waals surface area contributed by atoms with Gasteiger partial charge in [0, 0.05) is 12.0 Å². The number of hydrazine groups is 1. The number of fused-ring (bicyclic) bond motifs is 1. The van der Waals surface area contributed by atoms with Gasteiger partial charge in [0.2, 0.25) is 10.7 Å². The number of benzene rings is 2. The summed E-state index contributed by atoms with van der Waals surface area (Å²) < 4.78 is 0. The predicted molar refractivity (Wildman–Crippen MR) is 108 cm³/mol. The lowest BCUT2D eigenvalue weighted by molar-refractivity contribution is -0.385. The van der Waals surface area contributed by atoms with Crippen molar-refractivity contribution in [2.24, 2.45) is 5.92 Å². The van der Waals surface area contributed by atoms with E-state index in [0.717, 1.165) is 0 Å². The molecule has 1 aliphatic rings. The smallest absolute Gasteiger partial charge is 0.282 e. The lowest BCUT2D eigenvalue weighted by atomic mass is 9.83. The summed E-state index contributed by atoms with van der Waals surface area (Å²) in [6.07, 6.45) is 0. The Labute approximate surface area is 171 Å². The van der Waals surface area contributed by atoms with Gasteiger partial charge in [0.05, 0.1) is 16.3 Å². The van der Waals surface area contributed by atoms with Crippen LogP contribution < -0.4 is 10.4 Å². The number of hydrogen-bond acceptors (Lipinski definition) is 6. The maximum absolute atomic E-state index is 13.2. The molecule has 2 atom stereocenters. The third-order valence-corrected chi connectivity index (χ3v) is 5.69. The average Bonchev–Trinajstić information content (AvgIpc) is 2.69. The fourth-order valence-corrected chi connectivity index (χ4v) is 3.89. The highest BCUT2D eigenvalue weighted by atomic mass is 35.5. The summed E-state index contributed by atoms with van der Waals surface area (Å²) >= 11 is 13.1. The molecule has 28 heavy (non-hydrogen) atoms. The molecule has 0 spiro atoms. The van der Waals surface area contributed by atoms with E-state index in [0.29, 0.717) is 5.69 Å². The van der Waals surface area contributed by atoms with Crippen LogP contribution in [0.1, 0.15) is 24.2 Å². The largest absolute Gasteiger partial charge is 0.297 e. The summed E-state index contributed by atoms with van der Waals surface area (Å²) in [6.45, 7) is 3.18. The molecule has 0 fully saturated rings. The molecule has 3 rings (SSSR count). The highest BCUT2D eigenvalue weighted by Gasteiger charge is 2.59. The maximum Gasteiger partial charge on any atom is 0.282 e. The van der Waals surface area contributed by atoms with Gasteiger partial charge in [-0.3, -0.25) is 30.1 Å². The van der Waals surface area contributed by atoms with Gasteiger partial charge in [-0.25, -0.2) is 0 Å². The number of carbonyl (C=O) groups excluding carboxylic acids is 2. The molecule has 2 unspecified atom stereocenters. The van der Waals surface area contributed by atoms with E-state index < -0.39 is 38.5 Å². The third kappa shape index (κ3) is 3.10. The lowest BCUT2D eigenvalue weighted by Gasteiger charge is -2.43. The number of rotatable bonds is 5. The topological polar surface area (TPSA) is 92.5 Å². The molecule has 0 amide bonds. The Balaban J connectivity index is 2.24. The zero-order chi connectivity index (χ0) is 20.6. The van der Waals surface area contributed by atoms with Crippen molar-refractivity contribution in [3.63, 3.8) is 0 Å². The number of nitro benzene ring substituents is 1. The van der Waals surface area contributed by atoms with Crippen LogP contribution in [0.25, 0.3) is 0 Å². The lowest BCUT2D eigenvalue weighted by Crippen LogP contribution is -2.62. The third-order valence-electron chi connectivity index (χ3n) is 4.50. The molecule has 2 aromatic rings. The standard InChI is InChI=1S/C19H17Cl2N3O4/c1-11(2)16(25)19(21)17(26)15-13(9-6-10-14(15)24(27)28)23(18(19)20)22-12-7-4-3-5-8-12/h3-11,18,22H,1-2H3. The molecule has 0 saturated carbocycles. The summed E-state index contributed by atoms with van der Waals surface area (Å²) in [4.78, 5) is 34.8. The Kier molecular flexibility index (Phi) is 5.32. The van der Waals surface area contributed by atoms with Gasteiger partial charge in [-0.05, 0) is 18.2 Å². The molecule has 2 aromatic carbocycles. The van der Waals surface area contributed by atoms with E-state index in [-0.39, 0.29) is 11.3 Å². The van der Waals surface area contributed by atoms with Crippen molar-refractivity contribution < 1.29 is 14.5 Å². The van der Waals surface area contributed by atoms with Crippen molar-refractivity contribution in [3.05, 3.63) is 64.2 Å². The number of halogens is 2. The Bertz CT molecular complexity index is 951. The van der Waals surface area contributed by atoms with Crippen LogP contribution in [0.2, 0.25) is 0 Å². The quantitative estimate of drug-likeness (QED) is 0.253. The summed E-state index contributed by atoms with van der Waals surface area (Å²) in [5, 5.41) is 12.9. The molecule has 1 aliphatic heterocycles. The molecule has 146 valence electrons. The van der Waals surface area contributed by atoms with E-state index in [1.165, 1.54) is 23.2 Å². The van der Waals surface area contributed by atoms with Gasteiger partial charge in [0.25, 0.3) is 5.69 Å². The number of Topliss-reactive ketones (excluding diaryl/α,β-unsaturated/α-hetero) is 2. The van der Waals surface area contributed by atoms with Gasteiger partial charge < -0.3 is 0 Å². The number of carbonyl (C=O) groups is 2. The van der Waals surface area contributed by atoms with Crippen LogP contribution in [0.15, 0.2) is 48.5 Å². The molecule has 0 radical (unpaired) electrons. The molecule has 1 heterocycles. The fraction of sp³-hybridized carbons (Fsp3) is 0.263. The fourth-order valence-electron chi connectivity index (χ4n) is 3.12. The first-order valence-corrected chi connectivity index (χ1v) is 9.31. The van der Waals surface area contributed by atoms with Crippen molar-refractivity contribution in [3.8, 4) is 0 Å². The normalized spacial score (nSPS) is 21.4. The van der Waals surface area contributed by atoms with Crippen molar-refractivity contribution in [1.82, 2.24) is 0 Å². The van der Waals surface area contributed by atoms with Crippen molar-refractivity contribution >= 4 is 51.8 Å². The molecular weight excluding hydrogens is 405 g/mol. The zero-order valence-electron chi connectivity index (χ0n) is 15.1. The van der Waals surface area contributed by atoms with Crippen LogP contribution in [0.3, 0.4) is 0 Å². The second-order valence-electron chi connectivity index (χ2n) is 6.67. The van der Waals surface area contributed by atoms with Crippen LogP contribution in [-0.4, -0.2) is 26.9 Å². The maximum atomic E-state index is 13.2. The van der Waals surface area contributed by atoms with E-state index in [1.807, 2.05) is 6.07 Å². The number of anilines is 2. The zero-order valence-corrected chi connectivity index (χ0v) is 16.6. The van der Waals surface area contributed by atoms with Gasteiger partial charge >= 0.3 is 0 Å². The molecule has 0 bridgehead atoms. The number of nitro groups is 1. The van der Waals surface area contributed by atoms with Gasteiger partial charge in [-0.15, -0.1) is 0 Å². The number of nitrogens with zero attached hydrogens (tertiary/aromatic N) is 2. The summed E-state index contributed by atoms with van der Waals surface area (Å²) in [7, 11) is 0. The SMILES string of the molecule is CC(C)C(=O)C1(Cl)C(=O)c2c(cccc2[N+](=O)[O-])N(Nc2ccccc2)C1Cl. The minimum absolute atomic E-state index is 0.177. The molecule has 1 N–H and O–H groups in total. The molecular formula is C19H17Cl2N3O4. The van der Waals surface area contributed by atoms with Crippen LogP contribution >= 0.6 is 23.2 Å². The van der Waals surface area contributed by atoms with E-state index >= 15 is 0 Å². The second kappa shape index (κ2) is 7.41. The Morgan fingerprint density at radius 3 is 2.43 bits per heavy atom. The minimum Gasteiger partial charge on any atom is -0.297 e. The van der Waals surface area contributed by atoms with E-state index in [9.17, 15) is 19.7 Å². The van der Waals surface area contributed by atoms with Crippen LogP contribution in [0, 0.1) is 16.0 Å². The van der Waals surface area contributed by atoms with Crippen molar-refractivity contribution in [2.45, 2.75) is 24.2 Å². The van der Waals surface area contributed by atoms with Gasteiger partial charge in [-0.2, -0.15) is 0 Å². The predicted octanol–water partition coefficient (Wildman–Crippen LogP) is 4.39. The van der Waals surface area contributed by atoms with Gasteiger partial charge in [0.1, 0.15) is 5.56 Å². The Morgan fingerprint density at radius 2 is 1.86 bits per heavy atom. The van der Waals surface area contributed by atoms with Gasteiger partial charge in [-0.1, -0.05) is 61.3 Å². The molecule has 7 nitrogen and oxygen atoms in total. The number of ketones is 2. The van der Waals surface area contributed by atoms with Crippen molar-refractivity contribution in [1.29, 1.82) is 0 Å². The second-order valence-corrected chi connectivity index (χ2v) is 7.68. The number of nitrogens with one attached hydrogen (secondary N) is 1. The summed E-state index contributed by atoms with van der Waals surface area (Å²) in [5.41, 5.74) is 1.79. The minimum atomic E-state index is -2.18. The van der Waals surface area contributed by atoms with Crippen LogP contribution in [0.4, 0.5) is 17.1 Å². The summed E-state index contributed by atoms with van der Waals surface area (Å²) in [5.74, 6) is -2.09. The average molecular weight is 422 g/mol.